The summed E-state index contributed by atoms with van der Waals surface area (Å²) in [4.78, 5) is 13.0. The van der Waals surface area contributed by atoms with Crippen molar-refractivity contribution >= 4 is 32.9 Å². The van der Waals surface area contributed by atoms with Crippen molar-refractivity contribution in [3.8, 4) is 29.1 Å². The highest BCUT2D eigenvalue weighted by Crippen LogP contribution is 2.45. The van der Waals surface area contributed by atoms with Gasteiger partial charge in [0.05, 0.1) is 13.0 Å². The van der Waals surface area contributed by atoms with Gasteiger partial charge in [-0.1, -0.05) is 40.7 Å². The van der Waals surface area contributed by atoms with Gasteiger partial charge in [-0.2, -0.15) is 5.26 Å². The molecule has 0 saturated carbocycles. The third-order valence-electron chi connectivity index (χ3n) is 6.36. The molecule has 0 aliphatic carbocycles. The van der Waals surface area contributed by atoms with Crippen LogP contribution in [0.3, 0.4) is 0 Å². The molecular formula is C30H23BrN2O6. The molecule has 1 aromatic heterocycles. The first-order valence-corrected chi connectivity index (χ1v) is 12.7. The Morgan fingerprint density at radius 1 is 1.18 bits per heavy atom. The second-order valence-corrected chi connectivity index (χ2v) is 9.64. The predicted molar refractivity (Wildman–Crippen MR) is 148 cm³/mol. The van der Waals surface area contributed by atoms with Crippen molar-refractivity contribution < 1.29 is 28.2 Å². The Labute approximate surface area is 233 Å². The summed E-state index contributed by atoms with van der Waals surface area (Å²) in [6, 6.07) is 18.0. The molecule has 2 N–H and O–H groups in total. The molecule has 196 valence electrons. The van der Waals surface area contributed by atoms with E-state index >= 15 is 0 Å². The van der Waals surface area contributed by atoms with E-state index < -0.39 is 11.9 Å². The van der Waals surface area contributed by atoms with Gasteiger partial charge in [-0.15, -0.1) is 0 Å². The molecule has 5 rings (SSSR count). The Kier molecular flexibility index (Phi) is 7.05. The number of carbonyl (C=O) groups is 1. The quantitative estimate of drug-likeness (QED) is 0.148. The van der Waals surface area contributed by atoms with E-state index in [9.17, 15) is 10.1 Å². The van der Waals surface area contributed by atoms with Crippen molar-refractivity contribution in [2.75, 3.05) is 13.7 Å². The first-order valence-electron chi connectivity index (χ1n) is 11.9. The van der Waals surface area contributed by atoms with Crippen LogP contribution < -0.4 is 24.7 Å². The lowest BCUT2D eigenvalue weighted by Crippen LogP contribution is -2.21. The summed E-state index contributed by atoms with van der Waals surface area (Å²) in [6.45, 7) is 5.78. The van der Waals surface area contributed by atoms with Crippen LogP contribution in [0.4, 0.5) is 0 Å². The summed E-state index contributed by atoms with van der Waals surface area (Å²) in [7, 11) is 1.54. The van der Waals surface area contributed by atoms with Crippen molar-refractivity contribution in [3.63, 3.8) is 0 Å². The van der Waals surface area contributed by atoms with Gasteiger partial charge < -0.3 is 29.1 Å². The van der Waals surface area contributed by atoms with Crippen LogP contribution in [0.25, 0.3) is 11.0 Å². The summed E-state index contributed by atoms with van der Waals surface area (Å²) < 4.78 is 29.2. The number of halogens is 1. The van der Waals surface area contributed by atoms with E-state index in [2.05, 4.69) is 28.6 Å². The van der Waals surface area contributed by atoms with Crippen LogP contribution in [0, 0.1) is 18.3 Å². The molecule has 0 bridgehead atoms. The normalized spacial score (nSPS) is 14.3. The second-order valence-electron chi connectivity index (χ2n) is 8.72. The van der Waals surface area contributed by atoms with Crippen LogP contribution in [0.1, 0.15) is 33.2 Å². The molecule has 8 nitrogen and oxygen atoms in total. The fraction of sp³-hybridized carbons (Fsp3) is 0.133. The van der Waals surface area contributed by atoms with E-state index in [1.165, 1.54) is 7.11 Å². The maximum atomic E-state index is 13.0. The number of nitrogens with two attached hydrogens (primary N) is 1. The third kappa shape index (κ3) is 4.82. The molecule has 39 heavy (non-hydrogen) atoms. The molecule has 1 aliphatic rings. The zero-order valence-corrected chi connectivity index (χ0v) is 22.7. The van der Waals surface area contributed by atoms with Gasteiger partial charge in [-0.05, 0) is 48.9 Å². The highest BCUT2D eigenvalue weighted by molar-refractivity contribution is 9.10. The number of aryl methyl sites for hydroxylation is 1. The average molecular weight is 587 g/mol. The third-order valence-corrected chi connectivity index (χ3v) is 6.86. The summed E-state index contributed by atoms with van der Waals surface area (Å²) in [6.07, 6.45) is 1.64. The molecule has 9 heteroatoms. The van der Waals surface area contributed by atoms with Crippen LogP contribution in [-0.2, 0) is 0 Å². The lowest BCUT2D eigenvalue weighted by molar-refractivity contribution is 0.0702. The van der Waals surface area contributed by atoms with Crippen LogP contribution in [0.2, 0.25) is 0 Å². The monoisotopic (exact) mass is 586 g/mol. The molecule has 3 aromatic carbocycles. The number of nitrogens with zero attached hydrogens (tertiary/aromatic N) is 1. The van der Waals surface area contributed by atoms with Gasteiger partial charge in [0.2, 0.25) is 11.6 Å². The topological polar surface area (TPSA) is 117 Å². The van der Waals surface area contributed by atoms with Crippen molar-refractivity contribution in [2.24, 2.45) is 5.73 Å². The Morgan fingerprint density at radius 2 is 2.00 bits per heavy atom. The number of hydrogen-bond acceptors (Lipinski definition) is 8. The first kappa shape index (κ1) is 25.9. The number of nitriles is 1. The fourth-order valence-corrected chi connectivity index (χ4v) is 4.86. The van der Waals surface area contributed by atoms with E-state index in [-0.39, 0.29) is 23.0 Å². The van der Waals surface area contributed by atoms with Crippen LogP contribution in [0.5, 0.6) is 23.0 Å². The molecular weight excluding hydrogens is 564 g/mol. The molecule has 0 saturated heterocycles. The minimum absolute atomic E-state index is 0.0388. The summed E-state index contributed by atoms with van der Waals surface area (Å²) in [5.74, 6) is 0.516. The Balaban J connectivity index is 1.48. The zero-order valence-electron chi connectivity index (χ0n) is 21.1. The average Bonchev–Trinajstić information content (AvgIpc) is 3.26. The van der Waals surface area contributed by atoms with E-state index in [0.717, 1.165) is 15.4 Å². The predicted octanol–water partition coefficient (Wildman–Crippen LogP) is 6.51. The van der Waals surface area contributed by atoms with E-state index in [4.69, 9.17) is 29.1 Å². The molecule has 1 atom stereocenters. The minimum atomic E-state index is -0.645. The van der Waals surface area contributed by atoms with Gasteiger partial charge in [-0.25, -0.2) is 4.79 Å². The SMILES string of the molecule is C=CCOc1ccc(C2C(C#N)=C(N)Oc3cc(OC(=O)c4oc5cc(Br)ccc5c4C)ccc32)cc1OC. The second kappa shape index (κ2) is 10.6. The molecule has 1 unspecified atom stereocenters. The zero-order chi connectivity index (χ0) is 27.7. The van der Waals surface area contributed by atoms with Gasteiger partial charge >= 0.3 is 5.97 Å². The Bertz CT molecular complexity index is 1700. The van der Waals surface area contributed by atoms with Gasteiger partial charge in [0.1, 0.15) is 35.3 Å². The van der Waals surface area contributed by atoms with Crippen LogP contribution in [-0.4, -0.2) is 19.7 Å². The maximum Gasteiger partial charge on any atom is 0.379 e. The molecule has 0 radical (unpaired) electrons. The maximum absolute atomic E-state index is 13.0. The highest BCUT2D eigenvalue weighted by Gasteiger charge is 2.32. The number of allylic oxidation sites excluding steroid dienone is 1. The Morgan fingerprint density at radius 3 is 2.74 bits per heavy atom. The van der Waals surface area contributed by atoms with Crippen molar-refractivity contribution in [1.29, 1.82) is 5.26 Å². The largest absolute Gasteiger partial charge is 0.493 e. The highest BCUT2D eigenvalue weighted by atomic mass is 79.9. The van der Waals surface area contributed by atoms with Crippen molar-refractivity contribution in [2.45, 2.75) is 12.8 Å². The summed E-state index contributed by atoms with van der Waals surface area (Å²) >= 11 is 3.41. The number of furan rings is 1. The number of methoxy groups -OCH3 is 1. The summed E-state index contributed by atoms with van der Waals surface area (Å²) in [5.41, 5.74) is 9.08. The number of rotatable bonds is 7. The van der Waals surface area contributed by atoms with E-state index in [1.54, 1.807) is 49.4 Å². The number of esters is 1. The minimum Gasteiger partial charge on any atom is -0.493 e. The first-order chi connectivity index (χ1) is 18.8. The van der Waals surface area contributed by atoms with E-state index in [0.29, 0.717) is 40.6 Å². The standard InChI is InChI=1S/C30H23BrN2O6/c1-4-11-36-23-10-5-17(12-26(23)35-3)27-21-9-7-19(14-25(21)39-29(33)22(27)15-32)37-30(34)28-16(2)20-8-6-18(31)13-24(20)38-28/h4-10,12-14,27H,1,11,33H2,2-3H3. The number of carbonyl (C=O) groups excluding carboxylic acids is 1. The number of hydrogen-bond donors (Lipinski definition) is 1. The van der Waals surface area contributed by atoms with Crippen molar-refractivity contribution in [1.82, 2.24) is 0 Å². The fourth-order valence-electron chi connectivity index (χ4n) is 4.52. The number of fused-ring (bicyclic) bond motifs is 2. The van der Waals surface area contributed by atoms with E-state index in [1.807, 2.05) is 18.2 Å². The van der Waals surface area contributed by atoms with Crippen LogP contribution in [0.15, 0.2) is 87.6 Å². The van der Waals surface area contributed by atoms with Gasteiger partial charge in [-0.3, -0.25) is 0 Å². The molecule has 2 heterocycles. The molecule has 4 aromatic rings. The van der Waals surface area contributed by atoms with Gasteiger partial charge in [0.15, 0.2) is 11.5 Å². The van der Waals surface area contributed by atoms with Crippen LogP contribution >= 0.6 is 15.9 Å². The smallest absolute Gasteiger partial charge is 0.379 e. The lowest BCUT2D eigenvalue weighted by Gasteiger charge is -2.27. The Hall–Kier alpha value is -4.68. The molecule has 0 fully saturated rings. The lowest BCUT2D eigenvalue weighted by atomic mass is 9.83. The number of benzene rings is 3. The van der Waals surface area contributed by atoms with Crippen molar-refractivity contribution in [3.05, 3.63) is 106 Å². The van der Waals surface area contributed by atoms with Gasteiger partial charge in [0, 0.05) is 27.1 Å². The summed E-state index contributed by atoms with van der Waals surface area (Å²) in [5, 5.41) is 10.7. The van der Waals surface area contributed by atoms with Gasteiger partial charge in [0.25, 0.3) is 0 Å². The molecule has 0 spiro atoms. The molecule has 1 aliphatic heterocycles. The molecule has 0 amide bonds. The number of ether oxygens (including phenoxy) is 4.